The molecule has 0 bridgehead atoms. The molecule has 2 aromatic carbocycles. The van der Waals surface area contributed by atoms with Crippen molar-refractivity contribution >= 4 is 16.6 Å². The van der Waals surface area contributed by atoms with Gasteiger partial charge in [0.2, 0.25) is 6.79 Å². The highest BCUT2D eigenvalue weighted by Gasteiger charge is 2.14. The average Bonchev–Trinajstić information content (AvgIpc) is 3.13. The Bertz CT molecular complexity index is 1010. The van der Waals surface area contributed by atoms with Crippen LogP contribution < -0.4 is 19.5 Å². The van der Waals surface area contributed by atoms with Gasteiger partial charge in [-0.2, -0.15) is 5.26 Å². The van der Waals surface area contributed by atoms with Gasteiger partial charge >= 0.3 is 0 Å². The molecule has 1 aromatic heterocycles. The maximum absolute atomic E-state index is 9.38. The maximum atomic E-state index is 9.38. The monoisotopic (exact) mass is 347 g/mol. The summed E-state index contributed by atoms with van der Waals surface area (Å²) in [6.07, 6.45) is 1.61. The zero-order valence-electron chi connectivity index (χ0n) is 14.3. The largest absolute Gasteiger partial charge is 0.492 e. The van der Waals surface area contributed by atoms with Crippen molar-refractivity contribution in [1.82, 2.24) is 4.98 Å². The number of anilines is 1. The van der Waals surface area contributed by atoms with Crippen molar-refractivity contribution in [3.8, 4) is 23.3 Å². The second-order valence-electron chi connectivity index (χ2n) is 5.92. The summed E-state index contributed by atoms with van der Waals surface area (Å²) in [4.78, 5) is 4.40. The minimum Gasteiger partial charge on any atom is -0.492 e. The van der Waals surface area contributed by atoms with E-state index in [1.165, 1.54) is 0 Å². The van der Waals surface area contributed by atoms with E-state index in [1.807, 2.05) is 43.3 Å². The summed E-state index contributed by atoms with van der Waals surface area (Å²) in [7, 11) is 0. The van der Waals surface area contributed by atoms with Crippen molar-refractivity contribution in [2.45, 2.75) is 6.92 Å². The predicted molar refractivity (Wildman–Crippen MR) is 97.7 cm³/mol. The van der Waals surface area contributed by atoms with Crippen LogP contribution in [0.4, 0.5) is 5.69 Å². The topological polar surface area (TPSA) is 76.4 Å². The van der Waals surface area contributed by atoms with Gasteiger partial charge in [0.1, 0.15) is 18.4 Å². The molecule has 1 aliphatic rings. The Labute approximate surface area is 150 Å². The van der Waals surface area contributed by atoms with E-state index in [9.17, 15) is 5.26 Å². The van der Waals surface area contributed by atoms with Gasteiger partial charge in [0.25, 0.3) is 0 Å². The summed E-state index contributed by atoms with van der Waals surface area (Å²) in [5, 5.41) is 13.6. The molecule has 4 rings (SSSR count). The van der Waals surface area contributed by atoms with Crippen LogP contribution in [0.3, 0.4) is 0 Å². The molecule has 0 saturated carbocycles. The molecule has 6 nitrogen and oxygen atoms in total. The van der Waals surface area contributed by atoms with E-state index in [0.29, 0.717) is 30.2 Å². The molecule has 0 saturated heterocycles. The number of nitrogens with zero attached hydrogens (tertiary/aromatic N) is 2. The van der Waals surface area contributed by atoms with Crippen LogP contribution in [0.1, 0.15) is 11.1 Å². The minimum atomic E-state index is 0.242. The van der Waals surface area contributed by atoms with Gasteiger partial charge in [0.05, 0.1) is 16.8 Å². The van der Waals surface area contributed by atoms with Gasteiger partial charge in [-0.05, 0) is 24.6 Å². The molecule has 3 aromatic rings. The van der Waals surface area contributed by atoms with Gasteiger partial charge < -0.3 is 19.5 Å². The first-order valence-electron chi connectivity index (χ1n) is 8.31. The van der Waals surface area contributed by atoms with Gasteiger partial charge in [-0.3, -0.25) is 4.98 Å². The molecule has 6 heteroatoms. The molecular formula is C20H17N3O3. The number of hydrogen-bond acceptors (Lipinski definition) is 6. The fraction of sp³-hybridized carbons (Fsp3) is 0.200. The fourth-order valence-electron chi connectivity index (χ4n) is 2.96. The second kappa shape index (κ2) is 6.81. The molecule has 0 aliphatic carbocycles. The Morgan fingerprint density at radius 1 is 1.23 bits per heavy atom. The fourth-order valence-corrected chi connectivity index (χ4v) is 2.96. The summed E-state index contributed by atoms with van der Waals surface area (Å²) in [5.41, 5.74) is 3.28. The Hall–Kier alpha value is -3.46. The zero-order valence-corrected chi connectivity index (χ0v) is 14.3. The lowest BCUT2D eigenvalue weighted by Gasteiger charge is -2.13. The minimum absolute atomic E-state index is 0.242. The normalized spacial score (nSPS) is 12.0. The number of pyridine rings is 1. The number of benzene rings is 2. The van der Waals surface area contributed by atoms with Crippen molar-refractivity contribution in [2.75, 3.05) is 25.3 Å². The van der Waals surface area contributed by atoms with Gasteiger partial charge in [-0.25, -0.2) is 0 Å². The Morgan fingerprint density at radius 3 is 3.00 bits per heavy atom. The molecule has 0 unspecified atom stereocenters. The number of aryl methyl sites for hydroxylation is 1. The number of rotatable bonds is 5. The van der Waals surface area contributed by atoms with Crippen LogP contribution >= 0.6 is 0 Å². The van der Waals surface area contributed by atoms with E-state index in [2.05, 4.69) is 16.4 Å². The molecule has 0 amide bonds. The third kappa shape index (κ3) is 2.95. The molecule has 0 spiro atoms. The van der Waals surface area contributed by atoms with Crippen LogP contribution in [0, 0.1) is 18.3 Å². The number of aromatic nitrogens is 1. The van der Waals surface area contributed by atoms with Crippen LogP contribution in [-0.4, -0.2) is 24.9 Å². The first kappa shape index (κ1) is 16.0. The summed E-state index contributed by atoms with van der Waals surface area (Å²) in [5.74, 6) is 2.14. The van der Waals surface area contributed by atoms with Crippen LogP contribution in [-0.2, 0) is 0 Å². The first-order valence-corrected chi connectivity index (χ1v) is 8.31. The summed E-state index contributed by atoms with van der Waals surface area (Å²) in [6.45, 7) is 3.25. The lowest BCUT2D eigenvalue weighted by atomic mass is 10.1. The van der Waals surface area contributed by atoms with E-state index < -0.39 is 0 Å². The summed E-state index contributed by atoms with van der Waals surface area (Å²) < 4.78 is 16.4. The molecule has 26 heavy (non-hydrogen) atoms. The molecule has 1 N–H and O–H groups in total. The van der Waals surface area contributed by atoms with Crippen molar-refractivity contribution in [1.29, 1.82) is 5.26 Å². The number of hydrogen-bond donors (Lipinski definition) is 1. The molecule has 0 atom stereocenters. The van der Waals surface area contributed by atoms with Gasteiger partial charge in [-0.1, -0.05) is 18.2 Å². The van der Waals surface area contributed by atoms with Gasteiger partial charge in [0.15, 0.2) is 11.5 Å². The zero-order chi connectivity index (χ0) is 17.9. The highest BCUT2D eigenvalue weighted by molar-refractivity contribution is 5.95. The quantitative estimate of drug-likeness (QED) is 0.710. The smallest absolute Gasteiger partial charge is 0.231 e. The van der Waals surface area contributed by atoms with Crippen molar-refractivity contribution in [3.63, 3.8) is 0 Å². The number of fused-ring (bicyclic) bond motifs is 2. The Morgan fingerprint density at radius 2 is 2.12 bits per heavy atom. The highest BCUT2D eigenvalue weighted by atomic mass is 16.7. The Kier molecular flexibility index (Phi) is 4.20. The van der Waals surface area contributed by atoms with Crippen molar-refractivity contribution < 1.29 is 14.2 Å². The molecule has 0 fully saturated rings. The van der Waals surface area contributed by atoms with E-state index in [0.717, 1.165) is 27.9 Å². The molecule has 2 heterocycles. The maximum Gasteiger partial charge on any atom is 0.231 e. The predicted octanol–water partition coefficient (Wildman–Crippen LogP) is 3.63. The number of nitriles is 1. The lowest BCUT2D eigenvalue weighted by molar-refractivity contribution is 0.174. The highest BCUT2D eigenvalue weighted by Crippen LogP contribution is 2.35. The third-order valence-corrected chi connectivity index (χ3v) is 4.24. The summed E-state index contributed by atoms with van der Waals surface area (Å²) in [6, 6.07) is 13.6. The van der Waals surface area contributed by atoms with E-state index in [1.54, 1.807) is 6.20 Å². The molecular weight excluding hydrogens is 330 g/mol. The number of para-hydroxylation sites is 1. The second-order valence-corrected chi connectivity index (χ2v) is 5.92. The van der Waals surface area contributed by atoms with E-state index in [-0.39, 0.29) is 6.79 Å². The summed E-state index contributed by atoms with van der Waals surface area (Å²) >= 11 is 0. The van der Waals surface area contributed by atoms with Gasteiger partial charge in [0, 0.05) is 24.2 Å². The Balaban J connectivity index is 1.46. The van der Waals surface area contributed by atoms with E-state index in [4.69, 9.17) is 14.2 Å². The third-order valence-electron chi connectivity index (χ3n) is 4.24. The number of ether oxygens (including phenoxy) is 3. The first-order chi connectivity index (χ1) is 12.8. The average molecular weight is 347 g/mol. The standard InChI is InChI=1S/C20H17N3O3/c1-13-3-2-4-16-19(13)23-11-14(10-21)20(16)22-7-8-24-15-5-6-17-18(9-15)26-12-25-17/h2-6,9,11H,7-8,12H2,1H3,(H,22,23). The SMILES string of the molecule is Cc1cccc2c(NCCOc3ccc4c(c3)OCO4)c(C#N)cnc12. The van der Waals surface area contributed by atoms with Crippen molar-refractivity contribution in [2.24, 2.45) is 0 Å². The van der Waals surface area contributed by atoms with Crippen LogP contribution in [0.25, 0.3) is 10.9 Å². The van der Waals surface area contributed by atoms with Crippen molar-refractivity contribution in [3.05, 3.63) is 53.7 Å². The lowest BCUT2D eigenvalue weighted by Crippen LogP contribution is -2.13. The van der Waals surface area contributed by atoms with Crippen LogP contribution in [0.5, 0.6) is 17.2 Å². The molecule has 130 valence electrons. The van der Waals surface area contributed by atoms with Crippen LogP contribution in [0.15, 0.2) is 42.6 Å². The van der Waals surface area contributed by atoms with Gasteiger partial charge in [-0.15, -0.1) is 0 Å². The van der Waals surface area contributed by atoms with Crippen LogP contribution in [0.2, 0.25) is 0 Å². The molecule has 1 aliphatic heterocycles. The van der Waals surface area contributed by atoms with E-state index >= 15 is 0 Å². The number of nitrogens with one attached hydrogen (secondary N) is 1. The molecule has 0 radical (unpaired) electrons.